The van der Waals surface area contributed by atoms with Crippen LogP contribution in [0.1, 0.15) is 40.2 Å². The molecular formula is C23H18ClF4NO4. The Labute approximate surface area is 190 Å². The number of ether oxygens (including phenoxy) is 1. The van der Waals surface area contributed by atoms with E-state index < -0.39 is 35.4 Å². The Morgan fingerprint density at radius 3 is 2.36 bits per heavy atom. The smallest absolute Gasteiger partial charge is 0.396 e. The Kier molecular flexibility index (Phi) is 6.83. The maximum atomic E-state index is 14.1. The summed E-state index contributed by atoms with van der Waals surface area (Å²) in [5, 5.41) is 8.87. The molecule has 1 N–H and O–H groups in total. The van der Waals surface area contributed by atoms with Crippen molar-refractivity contribution >= 4 is 17.6 Å². The molecule has 2 aromatic carbocycles. The number of halogens is 5. The van der Waals surface area contributed by atoms with Crippen molar-refractivity contribution in [1.29, 1.82) is 0 Å². The number of carboxylic acid groups (broad SMARTS) is 1. The van der Waals surface area contributed by atoms with Crippen LogP contribution in [0.5, 0.6) is 11.5 Å². The van der Waals surface area contributed by atoms with Crippen molar-refractivity contribution in [1.82, 2.24) is 4.57 Å². The van der Waals surface area contributed by atoms with Crippen LogP contribution >= 0.6 is 11.6 Å². The number of carbonyl (C=O) groups is 1. The molecule has 0 aliphatic carbocycles. The summed E-state index contributed by atoms with van der Waals surface area (Å²) in [5.74, 6) is -5.49. The number of nitrogens with zero attached hydrogens (tertiary/aromatic N) is 1. The van der Waals surface area contributed by atoms with E-state index in [2.05, 4.69) is 0 Å². The summed E-state index contributed by atoms with van der Waals surface area (Å²) in [7, 11) is 1.37. The predicted molar refractivity (Wildman–Crippen MR) is 114 cm³/mol. The summed E-state index contributed by atoms with van der Waals surface area (Å²) in [6.45, 7) is 1.37. The SMILES string of the molecule is C[C@H](c1ccc(Oc2ccc(C(=O)O)cc2F)cc1Cl)[C@@H](c1ccc(=O)n(C)c1)C(F)(F)F. The van der Waals surface area contributed by atoms with E-state index in [0.29, 0.717) is 0 Å². The van der Waals surface area contributed by atoms with E-state index in [1.165, 1.54) is 32.2 Å². The first-order valence-electron chi connectivity index (χ1n) is 9.62. The zero-order valence-electron chi connectivity index (χ0n) is 17.4. The summed E-state index contributed by atoms with van der Waals surface area (Å²) >= 11 is 6.26. The van der Waals surface area contributed by atoms with E-state index >= 15 is 0 Å². The van der Waals surface area contributed by atoms with Crippen LogP contribution in [0.4, 0.5) is 17.6 Å². The van der Waals surface area contributed by atoms with Gasteiger partial charge in [0.25, 0.3) is 0 Å². The van der Waals surface area contributed by atoms with Crippen molar-refractivity contribution in [3.8, 4) is 11.5 Å². The molecule has 0 fully saturated rings. The minimum Gasteiger partial charge on any atom is -0.478 e. The zero-order valence-corrected chi connectivity index (χ0v) is 18.1. The van der Waals surface area contributed by atoms with Gasteiger partial charge in [-0.1, -0.05) is 30.7 Å². The minimum absolute atomic E-state index is 0.0263. The summed E-state index contributed by atoms with van der Waals surface area (Å²) in [6.07, 6.45) is -3.48. The highest BCUT2D eigenvalue weighted by molar-refractivity contribution is 6.31. The number of benzene rings is 2. The normalized spacial score (nSPS) is 13.4. The van der Waals surface area contributed by atoms with Gasteiger partial charge in [0.2, 0.25) is 5.56 Å². The number of aromatic nitrogens is 1. The number of pyridine rings is 1. The van der Waals surface area contributed by atoms with Crippen LogP contribution in [0.15, 0.2) is 59.5 Å². The van der Waals surface area contributed by atoms with Gasteiger partial charge in [0, 0.05) is 24.3 Å². The van der Waals surface area contributed by atoms with Crippen LogP contribution < -0.4 is 10.3 Å². The average Bonchev–Trinajstić information content (AvgIpc) is 2.71. The monoisotopic (exact) mass is 483 g/mol. The molecule has 0 aliphatic rings. The Morgan fingerprint density at radius 2 is 1.82 bits per heavy atom. The molecule has 0 aliphatic heterocycles. The number of rotatable bonds is 6. The molecule has 0 bridgehead atoms. The lowest BCUT2D eigenvalue weighted by Crippen LogP contribution is -2.28. The standard InChI is InChI=1S/C23H18ClF4NO4/c1-12(21(23(26,27)28)14-4-8-20(30)29(2)11-14)16-6-5-15(10-17(16)24)33-19-7-3-13(22(31)32)9-18(19)25/h3-12,21H,1-2H3,(H,31,32)/t12-,21+/m1/s1. The van der Waals surface area contributed by atoms with Crippen molar-refractivity contribution < 1.29 is 32.2 Å². The summed E-state index contributed by atoms with van der Waals surface area (Å²) < 4.78 is 62.5. The molecule has 5 nitrogen and oxygen atoms in total. The first-order valence-corrected chi connectivity index (χ1v) is 9.99. The third-order valence-electron chi connectivity index (χ3n) is 5.19. The van der Waals surface area contributed by atoms with Gasteiger partial charge in [-0.15, -0.1) is 0 Å². The molecule has 0 unspecified atom stereocenters. The molecule has 3 rings (SSSR count). The van der Waals surface area contributed by atoms with E-state index in [4.69, 9.17) is 21.4 Å². The van der Waals surface area contributed by atoms with Crippen LogP contribution in [0.3, 0.4) is 0 Å². The lowest BCUT2D eigenvalue weighted by atomic mass is 9.82. The van der Waals surface area contributed by atoms with Gasteiger partial charge >= 0.3 is 12.1 Å². The molecule has 0 saturated carbocycles. The van der Waals surface area contributed by atoms with E-state index in [1.54, 1.807) is 0 Å². The average molecular weight is 484 g/mol. The third-order valence-corrected chi connectivity index (χ3v) is 5.52. The number of hydrogen-bond donors (Lipinski definition) is 1. The molecule has 1 heterocycles. The molecule has 0 amide bonds. The molecule has 0 radical (unpaired) electrons. The van der Waals surface area contributed by atoms with Crippen molar-refractivity contribution in [2.45, 2.75) is 24.9 Å². The van der Waals surface area contributed by atoms with Gasteiger partial charge in [-0.3, -0.25) is 4.79 Å². The largest absolute Gasteiger partial charge is 0.478 e. The number of carboxylic acids is 1. The van der Waals surface area contributed by atoms with Crippen LogP contribution in [0, 0.1) is 5.82 Å². The number of hydrogen-bond acceptors (Lipinski definition) is 3. The molecule has 174 valence electrons. The van der Waals surface area contributed by atoms with Gasteiger partial charge in [0.15, 0.2) is 11.6 Å². The summed E-state index contributed by atoms with van der Waals surface area (Å²) in [4.78, 5) is 22.5. The molecule has 2 atom stereocenters. The second kappa shape index (κ2) is 9.27. The van der Waals surface area contributed by atoms with E-state index in [9.17, 15) is 27.2 Å². The Balaban J connectivity index is 1.92. The number of aromatic carboxylic acids is 1. The van der Waals surface area contributed by atoms with Gasteiger partial charge in [0.05, 0.1) is 11.5 Å². The minimum atomic E-state index is -4.62. The molecule has 10 heteroatoms. The van der Waals surface area contributed by atoms with Crippen LogP contribution in [-0.4, -0.2) is 21.8 Å². The van der Waals surface area contributed by atoms with Crippen LogP contribution in [0.25, 0.3) is 0 Å². The number of alkyl halides is 3. The van der Waals surface area contributed by atoms with Gasteiger partial charge in [0.1, 0.15) is 5.75 Å². The van der Waals surface area contributed by atoms with Crippen molar-refractivity contribution in [2.24, 2.45) is 7.05 Å². The van der Waals surface area contributed by atoms with E-state index in [1.807, 2.05) is 0 Å². The van der Waals surface area contributed by atoms with Crippen molar-refractivity contribution in [3.05, 3.63) is 92.6 Å². The van der Waals surface area contributed by atoms with Crippen molar-refractivity contribution in [3.63, 3.8) is 0 Å². The fourth-order valence-corrected chi connectivity index (χ4v) is 3.87. The van der Waals surface area contributed by atoms with Gasteiger partial charge < -0.3 is 14.4 Å². The maximum absolute atomic E-state index is 14.1. The molecule has 33 heavy (non-hydrogen) atoms. The lowest BCUT2D eigenvalue weighted by Gasteiger charge is -2.28. The van der Waals surface area contributed by atoms with Crippen LogP contribution in [0.2, 0.25) is 5.02 Å². The van der Waals surface area contributed by atoms with Gasteiger partial charge in [-0.05, 0) is 47.4 Å². The quantitative estimate of drug-likeness (QED) is 0.429. The highest BCUT2D eigenvalue weighted by atomic mass is 35.5. The van der Waals surface area contributed by atoms with E-state index in [0.717, 1.165) is 41.1 Å². The van der Waals surface area contributed by atoms with Crippen LogP contribution in [-0.2, 0) is 7.05 Å². The first-order chi connectivity index (χ1) is 15.4. The molecule has 3 aromatic rings. The van der Waals surface area contributed by atoms with Gasteiger partial charge in [-0.25, -0.2) is 9.18 Å². The molecular weight excluding hydrogens is 466 g/mol. The maximum Gasteiger partial charge on any atom is 0.396 e. The molecule has 0 saturated heterocycles. The Morgan fingerprint density at radius 1 is 1.12 bits per heavy atom. The highest BCUT2D eigenvalue weighted by Gasteiger charge is 2.45. The topological polar surface area (TPSA) is 68.5 Å². The zero-order chi connectivity index (χ0) is 24.5. The Bertz CT molecular complexity index is 1260. The lowest BCUT2D eigenvalue weighted by molar-refractivity contribution is -0.154. The van der Waals surface area contributed by atoms with Crippen molar-refractivity contribution in [2.75, 3.05) is 0 Å². The highest BCUT2D eigenvalue weighted by Crippen LogP contribution is 2.46. The fraction of sp³-hybridized carbons (Fsp3) is 0.217. The number of aryl methyl sites for hydroxylation is 1. The fourth-order valence-electron chi connectivity index (χ4n) is 3.52. The third kappa shape index (κ3) is 5.36. The summed E-state index contributed by atoms with van der Waals surface area (Å²) in [6, 6.07) is 9.24. The van der Waals surface area contributed by atoms with E-state index in [-0.39, 0.29) is 33.2 Å². The second-order valence-corrected chi connectivity index (χ2v) is 7.86. The predicted octanol–water partition coefficient (Wildman–Crippen LogP) is 6.12. The summed E-state index contributed by atoms with van der Waals surface area (Å²) in [5.41, 5.74) is -0.606. The van der Waals surface area contributed by atoms with Gasteiger partial charge in [-0.2, -0.15) is 13.2 Å². The molecule has 1 aromatic heterocycles. The first kappa shape index (κ1) is 24.3. The Hall–Kier alpha value is -3.33. The second-order valence-electron chi connectivity index (χ2n) is 7.46. The molecule has 0 spiro atoms.